The maximum Gasteiger partial charge on any atom is 0.256 e. The van der Waals surface area contributed by atoms with Gasteiger partial charge in [0.1, 0.15) is 0 Å². The lowest BCUT2D eigenvalue weighted by Crippen LogP contribution is -2.27. The highest BCUT2D eigenvalue weighted by Crippen LogP contribution is 2.15. The van der Waals surface area contributed by atoms with E-state index in [1.807, 2.05) is 13.0 Å². The molecule has 0 radical (unpaired) electrons. The Morgan fingerprint density at radius 3 is 2.87 bits per heavy atom. The van der Waals surface area contributed by atoms with Crippen molar-refractivity contribution in [3.8, 4) is 12.3 Å². The number of carbonyl (C=O) groups excluding carboxylic acids is 1. The number of hydrogen-bond donors (Lipinski definition) is 1. The van der Waals surface area contributed by atoms with Crippen molar-refractivity contribution < 1.29 is 4.79 Å². The Bertz CT molecular complexity index is 418. The van der Waals surface area contributed by atoms with Crippen LogP contribution in [0.15, 0.2) is 18.2 Å². The first-order valence-electron chi connectivity index (χ1n) is 4.61. The zero-order valence-electron chi connectivity index (χ0n) is 8.95. The molecule has 1 aromatic rings. The second kappa shape index (κ2) is 4.52. The van der Waals surface area contributed by atoms with Gasteiger partial charge in [0.15, 0.2) is 0 Å². The molecule has 15 heavy (non-hydrogen) atoms. The first-order chi connectivity index (χ1) is 7.06. The molecule has 1 aromatic carbocycles. The third-order valence-electron chi connectivity index (χ3n) is 2.11. The first-order valence-corrected chi connectivity index (χ1v) is 4.61. The van der Waals surface area contributed by atoms with E-state index in [0.29, 0.717) is 11.3 Å². The Morgan fingerprint density at radius 2 is 2.27 bits per heavy atom. The first kappa shape index (κ1) is 11.1. The highest BCUT2D eigenvalue weighted by atomic mass is 16.2. The number of aryl methyl sites for hydroxylation is 1. The summed E-state index contributed by atoms with van der Waals surface area (Å²) < 4.78 is 0. The van der Waals surface area contributed by atoms with Gasteiger partial charge in [0, 0.05) is 12.7 Å². The van der Waals surface area contributed by atoms with E-state index < -0.39 is 0 Å². The Balaban J connectivity index is 3.01. The van der Waals surface area contributed by atoms with Crippen LogP contribution in [0.3, 0.4) is 0 Å². The van der Waals surface area contributed by atoms with Crippen molar-refractivity contribution in [1.29, 1.82) is 0 Å². The molecule has 0 aromatic heterocycles. The van der Waals surface area contributed by atoms with Crippen LogP contribution < -0.4 is 5.73 Å². The smallest absolute Gasteiger partial charge is 0.256 e. The normalized spacial score (nSPS) is 9.40. The molecular formula is C12H14N2O. The fourth-order valence-electron chi connectivity index (χ4n) is 1.27. The van der Waals surface area contributed by atoms with E-state index in [1.54, 1.807) is 19.2 Å². The average molecular weight is 202 g/mol. The molecule has 0 fully saturated rings. The van der Waals surface area contributed by atoms with Crippen LogP contribution in [0.4, 0.5) is 5.69 Å². The molecule has 3 heteroatoms. The topological polar surface area (TPSA) is 46.3 Å². The molecule has 0 aliphatic rings. The minimum Gasteiger partial charge on any atom is -0.398 e. The summed E-state index contributed by atoms with van der Waals surface area (Å²) in [4.78, 5) is 13.3. The zero-order chi connectivity index (χ0) is 11.4. The second-order valence-electron chi connectivity index (χ2n) is 3.46. The Kier molecular flexibility index (Phi) is 3.35. The van der Waals surface area contributed by atoms with Crippen LogP contribution in [0.2, 0.25) is 0 Å². The lowest BCUT2D eigenvalue weighted by Gasteiger charge is -2.15. The number of rotatable bonds is 2. The fraction of sp³-hybridized carbons (Fsp3) is 0.250. The third-order valence-corrected chi connectivity index (χ3v) is 2.11. The van der Waals surface area contributed by atoms with Crippen molar-refractivity contribution in [3.63, 3.8) is 0 Å². The van der Waals surface area contributed by atoms with E-state index in [1.165, 1.54) is 4.90 Å². The number of nitrogens with two attached hydrogens (primary N) is 1. The van der Waals surface area contributed by atoms with Crippen molar-refractivity contribution >= 4 is 11.6 Å². The Labute approximate surface area is 89.9 Å². The van der Waals surface area contributed by atoms with E-state index in [-0.39, 0.29) is 12.5 Å². The molecule has 0 unspecified atom stereocenters. The van der Waals surface area contributed by atoms with E-state index in [0.717, 1.165) is 5.56 Å². The van der Waals surface area contributed by atoms with Crippen molar-refractivity contribution in [1.82, 2.24) is 4.90 Å². The molecule has 3 nitrogen and oxygen atoms in total. The summed E-state index contributed by atoms with van der Waals surface area (Å²) >= 11 is 0. The molecule has 78 valence electrons. The van der Waals surface area contributed by atoms with Gasteiger partial charge in [-0.25, -0.2) is 0 Å². The fourth-order valence-corrected chi connectivity index (χ4v) is 1.27. The largest absolute Gasteiger partial charge is 0.398 e. The number of anilines is 1. The molecule has 0 bridgehead atoms. The second-order valence-corrected chi connectivity index (χ2v) is 3.46. The lowest BCUT2D eigenvalue weighted by molar-refractivity contribution is 0.0813. The summed E-state index contributed by atoms with van der Waals surface area (Å²) in [6, 6.07) is 5.37. The number of hydrogen-bond acceptors (Lipinski definition) is 2. The summed E-state index contributed by atoms with van der Waals surface area (Å²) in [6.45, 7) is 2.20. The van der Waals surface area contributed by atoms with Gasteiger partial charge in [0.2, 0.25) is 0 Å². The number of carbonyl (C=O) groups is 1. The third kappa shape index (κ3) is 2.50. The lowest BCUT2D eigenvalue weighted by atomic mass is 10.1. The minimum atomic E-state index is -0.144. The van der Waals surface area contributed by atoms with Crippen LogP contribution in [0, 0.1) is 19.3 Å². The SMILES string of the molecule is C#CCN(C)C(=O)c1cc(C)ccc1N. The van der Waals surface area contributed by atoms with Gasteiger partial charge in [-0.2, -0.15) is 0 Å². The van der Waals surface area contributed by atoms with Crippen molar-refractivity contribution in [2.45, 2.75) is 6.92 Å². The Morgan fingerprint density at radius 1 is 1.60 bits per heavy atom. The van der Waals surface area contributed by atoms with Crippen LogP contribution in [0.5, 0.6) is 0 Å². The molecule has 0 saturated heterocycles. The summed E-state index contributed by atoms with van der Waals surface area (Å²) in [7, 11) is 1.66. The van der Waals surface area contributed by atoms with Crippen LogP contribution in [-0.2, 0) is 0 Å². The van der Waals surface area contributed by atoms with Crippen molar-refractivity contribution in [3.05, 3.63) is 29.3 Å². The predicted octanol–water partition coefficient (Wildman–Crippen LogP) is 1.28. The molecule has 2 N–H and O–H groups in total. The summed E-state index contributed by atoms with van der Waals surface area (Å²) in [5, 5.41) is 0. The monoisotopic (exact) mass is 202 g/mol. The van der Waals surface area contributed by atoms with Gasteiger partial charge in [-0.1, -0.05) is 17.6 Å². The van der Waals surface area contributed by atoms with Crippen molar-refractivity contribution in [2.75, 3.05) is 19.3 Å². The van der Waals surface area contributed by atoms with Gasteiger partial charge >= 0.3 is 0 Å². The molecule has 1 rings (SSSR count). The van der Waals surface area contributed by atoms with Crippen LogP contribution in [0.25, 0.3) is 0 Å². The van der Waals surface area contributed by atoms with E-state index >= 15 is 0 Å². The quantitative estimate of drug-likeness (QED) is 0.580. The van der Waals surface area contributed by atoms with E-state index in [4.69, 9.17) is 12.2 Å². The predicted molar refractivity (Wildman–Crippen MR) is 61.4 cm³/mol. The van der Waals surface area contributed by atoms with Gasteiger partial charge in [-0.05, 0) is 19.1 Å². The van der Waals surface area contributed by atoms with Gasteiger partial charge < -0.3 is 10.6 Å². The number of benzene rings is 1. The standard InChI is InChI=1S/C12H14N2O/c1-4-7-14(3)12(15)10-8-9(2)5-6-11(10)13/h1,5-6,8H,7,13H2,2-3H3. The summed E-state index contributed by atoms with van der Waals surface area (Å²) in [5.41, 5.74) is 7.71. The van der Waals surface area contributed by atoms with Crippen LogP contribution in [0.1, 0.15) is 15.9 Å². The highest BCUT2D eigenvalue weighted by Gasteiger charge is 2.13. The molecule has 1 amide bonds. The molecule has 0 aliphatic heterocycles. The van der Waals surface area contributed by atoms with Gasteiger partial charge in [0.25, 0.3) is 5.91 Å². The van der Waals surface area contributed by atoms with E-state index in [9.17, 15) is 4.79 Å². The molecule has 0 saturated carbocycles. The van der Waals surface area contributed by atoms with Gasteiger partial charge in [0.05, 0.1) is 12.1 Å². The average Bonchev–Trinajstić information content (AvgIpc) is 2.21. The van der Waals surface area contributed by atoms with Crippen LogP contribution >= 0.6 is 0 Å². The summed E-state index contributed by atoms with van der Waals surface area (Å²) in [6.07, 6.45) is 5.14. The molecule has 0 atom stereocenters. The Hall–Kier alpha value is -1.95. The van der Waals surface area contributed by atoms with Gasteiger partial charge in [-0.15, -0.1) is 6.42 Å². The number of nitrogens with zero attached hydrogens (tertiary/aromatic N) is 1. The molecule has 0 aliphatic carbocycles. The number of terminal acetylenes is 1. The molecule has 0 spiro atoms. The maximum atomic E-state index is 11.9. The molecular weight excluding hydrogens is 188 g/mol. The maximum absolute atomic E-state index is 11.9. The highest BCUT2D eigenvalue weighted by molar-refractivity contribution is 5.99. The minimum absolute atomic E-state index is 0.144. The number of nitrogen functional groups attached to an aromatic ring is 1. The summed E-state index contributed by atoms with van der Waals surface area (Å²) in [5.74, 6) is 2.27. The van der Waals surface area contributed by atoms with Crippen LogP contribution in [-0.4, -0.2) is 24.4 Å². The number of amides is 1. The van der Waals surface area contributed by atoms with Crippen molar-refractivity contribution in [2.24, 2.45) is 0 Å². The molecule has 0 heterocycles. The zero-order valence-corrected chi connectivity index (χ0v) is 8.95. The van der Waals surface area contributed by atoms with Gasteiger partial charge in [-0.3, -0.25) is 4.79 Å². The van der Waals surface area contributed by atoms with E-state index in [2.05, 4.69) is 5.92 Å².